The quantitative estimate of drug-likeness (QED) is 0.716. The largest absolute Gasteiger partial charge is 0.383 e. The van der Waals surface area contributed by atoms with Gasteiger partial charge in [0.1, 0.15) is 0 Å². The van der Waals surface area contributed by atoms with Crippen molar-refractivity contribution in [2.75, 3.05) is 26.8 Å². The van der Waals surface area contributed by atoms with Crippen molar-refractivity contribution in [3.05, 3.63) is 0 Å². The number of nitrogens with zero attached hydrogens (tertiary/aromatic N) is 1. The van der Waals surface area contributed by atoms with Crippen LogP contribution >= 0.6 is 0 Å². The third-order valence-electron chi connectivity index (χ3n) is 3.17. The molecule has 0 aliphatic heterocycles. The van der Waals surface area contributed by atoms with Crippen molar-refractivity contribution in [2.45, 2.75) is 40.2 Å². The Morgan fingerprint density at radius 1 is 1.50 bits per heavy atom. The van der Waals surface area contributed by atoms with Gasteiger partial charge >= 0.3 is 0 Å². The second-order valence-corrected chi connectivity index (χ2v) is 4.70. The lowest BCUT2D eigenvalue weighted by Gasteiger charge is -2.35. The van der Waals surface area contributed by atoms with Crippen molar-refractivity contribution >= 4 is 5.91 Å². The van der Waals surface area contributed by atoms with Crippen molar-refractivity contribution < 1.29 is 9.53 Å². The number of hydrogen-bond acceptors (Lipinski definition) is 3. The van der Waals surface area contributed by atoms with Crippen LogP contribution in [-0.2, 0) is 9.53 Å². The first-order chi connectivity index (χ1) is 7.42. The molecule has 0 heterocycles. The van der Waals surface area contributed by atoms with E-state index in [0.717, 1.165) is 6.42 Å². The van der Waals surface area contributed by atoms with Gasteiger partial charge in [0.05, 0.1) is 12.0 Å². The van der Waals surface area contributed by atoms with E-state index in [-0.39, 0.29) is 11.9 Å². The Labute approximate surface area is 99.1 Å². The lowest BCUT2D eigenvalue weighted by atomic mass is 9.85. The summed E-state index contributed by atoms with van der Waals surface area (Å²) in [7, 11) is 1.64. The van der Waals surface area contributed by atoms with E-state index in [1.54, 1.807) is 7.11 Å². The van der Waals surface area contributed by atoms with E-state index in [2.05, 4.69) is 0 Å². The van der Waals surface area contributed by atoms with Gasteiger partial charge in [-0.1, -0.05) is 6.92 Å². The summed E-state index contributed by atoms with van der Waals surface area (Å²) >= 11 is 0. The van der Waals surface area contributed by atoms with Crippen molar-refractivity contribution in [1.82, 2.24) is 4.90 Å². The Balaban J connectivity index is 4.72. The third-order valence-corrected chi connectivity index (χ3v) is 3.17. The van der Waals surface area contributed by atoms with Gasteiger partial charge in [0.2, 0.25) is 5.91 Å². The van der Waals surface area contributed by atoms with Gasteiger partial charge in [0.25, 0.3) is 0 Å². The molecule has 0 spiro atoms. The van der Waals surface area contributed by atoms with Gasteiger partial charge in [0, 0.05) is 26.2 Å². The molecule has 0 rings (SSSR count). The first-order valence-corrected chi connectivity index (χ1v) is 5.93. The zero-order valence-electron chi connectivity index (χ0n) is 11.2. The monoisotopic (exact) mass is 230 g/mol. The number of nitrogens with two attached hydrogens (primary N) is 1. The summed E-state index contributed by atoms with van der Waals surface area (Å²) in [5.74, 6) is 0.129. The topological polar surface area (TPSA) is 55.6 Å². The molecule has 0 aromatic heterocycles. The molecule has 0 fully saturated rings. The Bertz CT molecular complexity index is 213. The van der Waals surface area contributed by atoms with E-state index < -0.39 is 5.41 Å². The Hall–Kier alpha value is -0.610. The van der Waals surface area contributed by atoms with Crippen molar-refractivity contribution in [1.29, 1.82) is 0 Å². The van der Waals surface area contributed by atoms with Crippen LogP contribution in [0.15, 0.2) is 0 Å². The molecule has 0 aliphatic rings. The maximum atomic E-state index is 12.4. The van der Waals surface area contributed by atoms with Crippen molar-refractivity contribution in [2.24, 2.45) is 11.1 Å². The van der Waals surface area contributed by atoms with Crippen molar-refractivity contribution in [3.8, 4) is 0 Å². The van der Waals surface area contributed by atoms with Crippen LogP contribution in [0.1, 0.15) is 34.1 Å². The van der Waals surface area contributed by atoms with Gasteiger partial charge < -0.3 is 15.4 Å². The zero-order chi connectivity index (χ0) is 12.8. The minimum absolute atomic E-state index is 0.129. The molecule has 0 aromatic rings. The smallest absolute Gasteiger partial charge is 0.230 e. The highest BCUT2D eigenvalue weighted by molar-refractivity contribution is 5.82. The first-order valence-electron chi connectivity index (χ1n) is 5.93. The summed E-state index contributed by atoms with van der Waals surface area (Å²) in [4.78, 5) is 14.2. The molecule has 2 N–H and O–H groups in total. The highest BCUT2D eigenvalue weighted by Crippen LogP contribution is 2.23. The number of hydrogen-bond donors (Lipinski definition) is 1. The molecule has 16 heavy (non-hydrogen) atoms. The Morgan fingerprint density at radius 3 is 2.38 bits per heavy atom. The summed E-state index contributed by atoms with van der Waals surface area (Å²) < 4.78 is 5.03. The molecule has 0 saturated carbocycles. The molecule has 1 unspecified atom stereocenters. The fourth-order valence-electron chi connectivity index (χ4n) is 1.51. The van der Waals surface area contributed by atoms with E-state index >= 15 is 0 Å². The average molecular weight is 230 g/mol. The van der Waals surface area contributed by atoms with Crippen LogP contribution in [0.3, 0.4) is 0 Å². The standard InChI is InChI=1S/C12H26N2O2/c1-6-12(4,9-13)11(15)14(10(2)3)7-8-16-5/h10H,6-9,13H2,1-5H3. The fraction of sp³-hybridized carbons (Fsp3) is 0.917. The minimum Gasteiger partial charge on any atom is -0.383 e. The van der Waals surface area contributed by atoms with Crippen LogP contribution in [0.4, 0.5) is 0 Å². The van der Waals surface area contributed by atoms with Gasteiger partial charge in [-0.3, -0.25) is 4.79 Å². The second-order valence-electron chi connectivity index (χ2n) is 4.70. The van der Waals surface area contributed by atoms with Crippen LogP contribution < -0.4 is 5.73 Å². The predicted molar refractivity (Wildman–Crippen MR) is 66.2 cm³/mol. The van der Waals surface area contributed by atoms with Gasteiger partial charge in [-0.2, -0.15) is 0 Å². The summed E-state index contributed by atoms with van der Waals surface area (Å²) in [6, 6.07) is 0.181. The lowest BCUT2D eigenvalue weighted by molar-refractivity contribution is -0.143. The molecule has 4 heteroatoms. The van der Waals surface area contributed by atoms with Crippen LogP contribution in [-0.4, -0.2) is 43.7 Å². The highest BCUT2D eigenvalue weighted by Gasteiger charge is 2.34. The lowest BCUT2D eigenvalue weighted by Crippen LogP contribution is -2.49. The number of rotatable bonds is 7. The molecule has 4 nitrogen and oxygen atoms in total. The molecular formula is C12H26N2O2. The number of amides is 1. The maximum Gasteiger partial charge on any atom is 0.230 e. The molecule has 0 aliphatic carbocycles. The predicted octanol–water partition coefficient (Wildman–Crippen LogP) is 1.24. The van der Waals surface area contributed by atoms with Gasteiger partial charge in [-0.05, 0) is 27.2 Å². The molecular weight excluding hydrogens is 204 g/mol. The number of ether oxygens (including phenoxy) is 1. The summed E-state index contributed by atoms with van der Waals surface area (Å²) in [6.45, 7) is 9.53. The normalized spacial score (nSPS) is 14.9. The molecule has 1 amide bonds. The van der Waals surface area contributed by atoms with Gasteiger partial charge in [-0.15, -0.1) is 0 Å². The fourth-order valence-corrected chi connectivity index (χ4v) is 1.51. The Morgan fingerprint density at radius 2 is 2.06 bits per heavy atom. The summed E-state index contributed by atoms with van der Waals surface area (Å²) in [5, 5.41) is 0. The van der Waals surface area contributed by atoms with E-state index in [1.807, 2.05) is 32.6 Å². The zero-order valence-corrected chi connectivity index (χ0v) is 11.2. The maximum absolute atomic E-state index is 12.4. The van der Waals surface area contributed by atoms with Gasteiger partial charge in [-0.25, -0.2) is 0 Å². The van der Waals surface area contributed by atoms with E-state index in [0.29, 0.717) is 19.7 Å². The Kier molecular flexibility index (Phi) is 6.60. The van der Waals surface area contributed by atoms with E-state index in [4.69, 9.17) is 10.5 Å². The molecule has 0 saturated heterocycles. The third kappa shape index (κ3) is 3.76. The van der Waals surface area contributed by atoms with Crippen LogP contribution in [0.5, 0.6) is 0 Å². The summed E-state index contributed by atoms with van der Waals surface area (Å²) in [6.07, 6.45) is 0.762. The minimum atomic E-state index is -0.446. The number of carbonyl (C=O) groups is 1. The molecule has 1 atom stereocenters. The first kappa shape index (κ1) is 15.4. The van der Waals surface area contributed by atoms with Crippen molar-refractivity contribution in [3.63, 3.8) is 0 Å². The second kappa shape index (κ2) is 6.86. The number of methoxy groups -OCH3 is 1. The van der Waals surface area contributed by atoms with Gasteiger partial charge in [0.15, 0.2) is 0 Å². The van der Waals surface area contributed by atoms with E-state index in [1.165, 1.54) is 0 Å². The number of carbonyl (C=O) groups excluding carboxylic acids is 1. The average Bonchev–Trinajstić information content (AvgIpc) is 2.27. The molecule has 0 bridgehead atoms. The van der Waals surface area contributed by atoms with Crippen LogP contribution in [0.25, 0.3) is 0 Å². The highest BCUT2D eigenvalue weighted by atomic mass is 16.5. The molecule has 0 aromatic carbocycles. The molecule has 0 radical (unpaired) electrons. The van der Waals surface area contributed by atoms with Crippen LogP contribution in [0.2, 0.25) is 0 Å². The SMILES string of the molecule is CCC(C)(CN)C(=O)N(CCOC)C(C)C. The molecule has 96 valence electrons. The summed E-state index contributed by atoms with van der Waals surface area (Å²) in [5.41, 5.74) is 5.26. The van der Waals surface area contributed by atoms with Crippen LogP contribution in [0, 0.1) is 5.41 Å². The van der Waals surface area contributed by atoms with E-state index in [9.17, 15) is 4.79 Å².